The van der Waals surface area contributed by atoms with Crippen LogP contribution in [0.2, 0.25) is 0 Å². The summed E-state index contributed by atoms with van der Waals surface area (Å²) in [6.45, 7) is 2.15. The van der Waals surface area contributed by atoms with E-state index in [1.807, 2.05) is 30.3 Å². The van der Waals surface area contributed by atoms with E-state index >= 15 is 0 Å². The van der Waals surface area contributed by atoms with E-state index in [0.29, 0.717) is 0 Å². The molecule has 3 rings (SSSR count). The molecule has 1 aromatic carbocycles. The average Bonchev–Trinajstić information content (AvgIpc) is 3.28. The van der Waals surface area contributed by atoms with Crippen molar-refractivity contribution >= 4 is 27.3 Å². The summed E-state index contributed by atoms with van der Waals surface area (Å²) in [5.74, 6) is -1.12. The van der Waals surface area contributed by atoms with Crippen molar-refractivity contribution in [1.82, 2.24) is 9.62 Å². The standard InChI is InChI=1S/C17H20N2O4S2/c20-17(21)16-10-14(12-24-16)25(22,23)18-11-15(19-8-4-5-9-19)13-6-2-1-3-7-13/h1-3,6-7,10,12,15,18H,4-5,8-9,11H2,(H,20,21). The molecule has 2 N–H and O–H groups in total. The van der Waals surface area contributed by atoms with Crippen LogP contribution in [0.5, 0.6) is 0 Å². The third kappa shape index (κ3) is 4.27. The molecule has 1 fully saturated rings. The van der Waals surface area contributed by atoms with Crippen molar-refractivity contribution in [3.8, 4) is 0 Å². The summed E-state index contributed by atoms with van der Waals surface area (Å²) in [4.78, 5) is 13.3. The van der Waals surface area contributed by atoms with Gasteiger partial charge in [-0.25, -0.2) is 17.9 Å². The van der Waals surface area contributed by atoms with Crippen molar-refractivity contribution in [3.63, 3.8) is 0 Å². The number of nitrogens with one attached hydrogen (secondary N) is 1. The molecule has 25 heavy (non-hydrogen) atoms. The first-order valence-corrected chi connectivity index (χ1v) is 10.4. The molecule has 1 aliphatic heterocycles. The average molecular weight is 380 g/mol. The third-order valence-corrected chi connectivity index (χ3v) is 6.80. The Bertz CT molecular complexity index is 827. The Labute approximate surface area is 151 Å². The summed E-state index contributed by atoms with van der Waals surface area (Å²) in [5, 5.41) is 10.3. The third-order valence-electron chi connectivity index (χ3n) is 4.33. The Morgan fingerprint density at radius 3 is 2.52 bits per heavy atom. The zero-order valence-electron chi connectivity index (χ0n) is 13.6. The Morgan fingerprint density at radius 1 is 1.24 bits per heavy atom. The molecule has 0 radical (unpaired) electrons. The highest BCUT2D eigenvalue weighted by atomic mass is 32.2. The molecular weight excluding hydrogens is 360 g/mol. The minimum atomic E-state index is -3.74. The fourth-order valence-electron chi connectivity index (χ4n) is 3.03. The second-order valence-electron chi connectivity index (χ2n) is 5.97. The largest absolute Gasteiger partial charge is 0.477 e. The lowest BCUT2D eigenvalue weighted by molar-refractivity contribution is 0.0702. The fraction of sp³-hybridized carbons (Fsp3) is 0.353. The van der Waals surface area contributed by atoms with Gasteiger partial charge < -0.3 is 5.11 Å². The molecule has 0 spiro atoms. The second-order valence-corrected chi connectivity index (χ2v) is 8.65. The number of hydrogen-bond donors (Lipinski definition) is 2. The predicted molar refractivity (Wildman–Crippen MR) is 96.5 cm³/mol. The lowest BCUT2D eigenvalue weighted by atomic mass is 10.1. The van der Waals surface area contributed by atoms with Gasteiger partial charge in [0.15, 0.2) is 0 Å². The SMILES string of the molecule is O=C(O)c1cc(S(=O)(=O)NCC(c2ccccc2)N2CCCC2)cs1. The van der Waals surface area contributed by atoms with Crippen LogP contribution >= 0.6 is 11.3 Å². The van der Waals surface area contributed by atoms with E-state index in [1.54, 1.807) is 0 Å². The van der Waals surface area contributed by atoms with Crippen LogP contribution in [0.15, 0.2) is 46.7 Å². The number of aromatic carboxylic acids is 1. The number of carboxylic acids is 1. The Morgan fingerprint density at radius 2 is 1.92 bits per heavy atom. The topological polar surface area (TPSA) is 86.7 Å². The normalized spacial score (nSPS) is 16.8. The van der Waals surface area contributed by atoms with Crippen LogP contribution in [-0.2, 0) is 10.0 Å². The van der Waals surface area contributed by atoms with Crippen molar-refractivity contribution < 1.29 is 18.3 Å². The molecule has 0 aliphatic carbocycles. The molecule has 1 saturated heterocycles. The maximum atomic E-state index is 12.5. The van der Waals surface area contributed by atoms with Gasteiger partial charge in [-0.3, -0.25) is 4.90 Å². The number of benzene rings is 1. The Balaban J connectivity index is 1.76. The van der Waals surface area contributed by atoms with E-state index in [1.165, 1.54) is 11.4 Å². The van der Waals surface area contributed by atoms with Crippen molar-refractivity contribution in [2.45, 2.75) is 23.8 Å². The van der Waals surface area contributed by atoms with Gasteiger partial charge in [0.1, 0.15) is 4.88 Å². The van der Waals surface area contributed by atoms with E-state index in [-0.39, 0.29) is 22.4 Å². The summed E-state index contributed by atoms with van der Waals surface area (Å²) >= 11 is 0.911. The van der Waals surface area contributed by atoms with Gasteiger partial charge in [-0.2, -0.15) is 0 Å². The van der Waals surface area contributed by atoms with Crippen LogP contribution in [0.3, 0.4) is 0 Å². The molecule has 134 valence electrons. The molecule has 2 aromatic rings. The van der Waals surface area contributed by atoms with Gasteiger partial charge in [0, 0.05) is 18.0 Å². The molecule has 8 heteroatoms. The number of likely N-dealkylation sites (tertiary alicyclic amines) is 1. The smallest absolute Gasteiger partial charge is 0.345 e. The highest BCUT2D eigenvalue weighted by Crippen LogP contribution is 2.25. The van der Waals surface area contributed by atoms with E-state index < -0.39 is 16.0 Å². The Kier molecular flexibility index (Phi) is 5.53. The molecular formula is C17H20N2O4S2. The van der Waals surface area contributed by atoms with Gasteiger partial charge in [-0.15, -0.1) is 11.3 Å². The molecule has 1 aromatic heterocycles. The molecule has 6 nitrogen and oxygen atoms in total. The zero-order chi connectivity index (χ0) is 17.9. The van der Waals surface area contributed by atoms with E-state index in [4.69, 9.17) is 5.11 Å². The van der Waals surface area contributed by atoms with Gasteiger partial charge in [0.2, 0.25) is 10.0 Å². The quantitative estimate of drug-likeness (QED) is 0.771. The number of nitrogens with zero attached hydrogens (tertiary/aromatic N) is 1. The highest BCUT2D eigenvalue weighted by molar-refractivity contribution is 7.89. The molecule has 0 saturated carbocycles. The van der Waals surface area contributed by atoms with Crippen molar-refractivity contribution in [2.75, 3.05) is 19.6 Å². The van der Waals surface area contributed by atoms with Crippen molar-refractivity contribution in [2.24, 2.45) is 0 Å². The van der Waals surface area contributed by atoms with E-state index in [9.17, 15) is 13.2 Å². The molecule has 0 amide bonds. The first kappa shape index (κ1) is 18.1. The lowest BCUT2D eigenvalue weighted by Gasteiger charge is -2.28. The number of sulfonamides is 1. The van der Waals surface area contributed by atoms with Crippen molar-refractivity contribution in [3.05, 3.63) is 52.2 Å². The number of hydrogen-bond acceptors (Lipinski definition) is 5. The number of carboxylic acid groups (broad SMARTS) is 1. The first-order valence-electron chi connectivity index (χ1n) is 8.08. The van der Waals surface area contributed by atoms with E-state index in [2.05, 4.69) is 9.62 Å². The zero-order valence-corrected chi connectivity index (χ0v) is 15.2. The van der Waals surface area contributed by atoms with Crippen LogP contribution < -0.4 is 4.72 Å². The maximum absolute atomic E-state index is 12.5. The number of carbonyl (C=O) groups is 1. The number of thiophene rings is 1. The maximum Gasteiger partial charge on any atom is 0.345 e. The van der Waals surface area contributed by atoms with Crippen LogP contribution in [-0.4, -0.2) is 44.0 Å². The molecule has 1 aliphatic rings. The van der Waals surface area contributed by atoms with Crippen LogP contribution in [0.25, 0.3) is 0 Å². The van der Waals surface area contributed by atoms with Crippen LogP contribution in [0.4, 0.5) is 0 Å². The molecule has 0 bridgehead atoms. The van der Waals surface area contributed by atoms with E-state index in [0.717, 1.165) is 42.8 Å². The summed E-state index contributed by atoms with van der Waals surface area (Å²) in [7, 11) is -3.74. The summed E-state index contributed by atoms with van der Waals surface area (Å²) in [6.07, 6.45) is 2.23. The van der Waals surface area contributed by atoms with Crippen molar-refractivity contribution in [1.29, 1.82) is 0 Å². The molecule has 1 atom stereocenters. The predicted octanol–water partition coefficient (Wildman–Crippen LogP) is 2.56. The second kappa shape index (κ2) is 7.65. The van der Waals surface area contributed by atoms with Gasteiger partial charge in [0.25, 0.3) is 0 Å². The van der Waals surface area contributed by atoms with Gasteiger partial charge in [-0.1, -0.05) is 30.3 Å². The highest BCUT2D eigenvalue weighted by Gasteiger charge is 2.26. The summed E-state index contributed by atoms with van der Waals surface area (Å²) in [6, 6.07) is 11.0. The minimum Gasteiger partial charge on any atom is -0.477 e. The summed E-state index contributed by atoms with van der Waals surface area (Å²) in [5.41, 5.74) is 1.07. The van der Waals surface area contributed by atoms with Gasteiger partial charge in [-0.05, 0) is 37.6 Å². The first-order chi connectivity index (χ1) is 12.0. The lowest BCUT2D eigenvalue weighted by Crippen LogP contribution is -2.36. The van der Waals surface area contributed by atoms with Crippen LogP contribution in [0, 0.1) is 0 Å². The number of rotatable bonds is 7. The van der Waals surface area contributed by atoms with Gasteiger partial charge >= 0.3 is 5.97 Å². The van der Waals surface area contributed by atoms with Crippen LogP contribution in [0.1, 0.15) is 34.1 Å². The molecule has 1 unspecified atom stereocenters. The molecule has 2 heterocycles. The monoisotopic (exact) mass is 380 g/mol. The van der Waals surface area contributed by atoms with Gasteiger partial charge in [0.05, 0.1) is 4.90 Å². The Hall–Kier alpha value is -1.74. The fourth-order valence-corrected chi connectivity index (χ4v) is 5.18. The summed E-state index contributed by atoms with van der Waals surface area (Å²) < 4.78 is 27.7. The minimum absolute atomic E-state index is 0.00290.